The fourth-order valence-corrected chi connectivity index (χ4v) is 3.36. The van der Waals surface area contributed by atoms with Crippen LogP contribution in [0.3, 0.4) is 0 Å². The third-order valence-corrected chi connectivity index (χ3v) is 5.02. The summed E-state index contributed by atoms with van der Waals surface area (Å²) in [7, 11) is 2.98. The van der Waals surface area contributed by atoms with E-state index < -0.39 is 5.97 Å². The third-order valence-electron chi connectivity index (χ3n) is 4.74. The number of oxazole rings is 1. The number of methoxy groups -OCH3 is 2. The minimum absolute atomic E-state index is 0.0137. The molecule has 0 spiro atoms. The molecule has 0 radical (unpaired) electrons. The smallest absolute Gasteiger partial charge is 0.306 e. The van der Waals surface area contributed by atoms with Gasteiger partial charge in [0.2, 0.25) is 17.6 Å². The molecule has 0 aliphatic rings. The van der Waals surface area contributed by atoms with E-state index in [2.05, 4.69) is 15.1 Å². The lowest BCUT2D eigenvalue weighted by atomic mass is 10.2. The van der Waals surface area contributed by atoms with Gasteiger partial charge in [0.25, 0.3) is 0 Å². The average molecular weight is 488 g/mol. The van der Waals surface area contributed by atoms with Crippen molar-refractivity contribution in [3.05, 3.63) is 65.2 Å². The van der Waals surface area contributed by atoms with Crippen molar-refractivity contribution in [2.45, 2.75) is 19.4 Å². The molecule has 34 heavy (non-hydrogen) atoms. The fraction of sp³-hybridized carbons (Fsp3) is 0.217. The van der Waals surface area contributed by atoms with E-state index in [4.69, 9.17) is 34.8 Å². The number of carbonyl (C=O) groups is 1. The number of esters is 1. The number of hydrogen-bond acceptors (Lipinski definition) is 9. The van der Waals surface area contributed by atoms with Gasteiger partial charge in [-0.25, -0.2) is 9.37 Å². The van der Waals surface area contributed by atoms with Crippen LogP contribution in [0.25, 0.3) is 22.7 Å². The molecule has 9 nitrogen and oxygen atoms in total. The number of halogens is 2. The van der Waals surface area contributed by atoms with Crippen molar-refractivity contribution < 1.29 is 32.3 Å². The van der Waals surface area contributed by atoms with Crippen LogP contribution in [-0.4, -0.2) is 35.3 Å². The van der Waals surface area contributed by atoms with E-state index in [0.29, 0.717) is 39.2 Å². The molecule has 0 atom stereocenters. The van der Waals surface area contributed by atoms with Crippen LogP contribution in [0.5, 0.6) is 11.5 Å². The number of carbonyl (C=O) groups excluding carboxylic acids is 1. The Morgan fingerprint density at radius 1 is 1.09 bits per heavy atom. The van der Waals surface area contributed by atoms with Crippen LogP contribution in [0.4, 0.5) is 4.39 Å². The molecular formula is C23H19ClFN3O6. The number of nitrogens with zero attached hydrogens (tertiary/aromatic N) is 3. The standard InChI is InChI=1S/C23H19ClFN3O6/c1-30-17-10-14(9-16(24)22(17)31-2)23-27-19(34-28-23)7-8-21(29)32-12-20-26-11-18(33-20)13-3-5-15(25)6-4-13/h3-6,9-11H,7-8,12H2,1-2H3. The number of benzene rings is 2. The first-order valence-electron chi connectivity index (χ1n) is 10.1. The molecule has 0 saturated carbocycles. The Labute approximate surface area is 198 Å². The first kappa shape index (κ1) is 23.2. The minimum atomic E-state index is -0.490. The van der Waals surface area contributed by atoms with Gasteiger partial charge in [0, 0.05) is 17.5 Å². The molecule has 4 rings (SSSR count). The van der Waals surface area contributed by atoms with E-state index in [1.165, 1.54) is 32.5 Å². The molecule has 0 fully saturated rings. The first-order valence-corrected chi connectivity index (χ1v) is 10.5. The summed E-state index contributed by atoms with van der Waals surface area (Å²) < 4.78 is 39.5. The molecule has 2 aromatic heterocycles. The molecule has 176 valence electrons. The molecular weight excluding hydrogens is 469 g/mol. The number of hydrogen-bond donors (Lipinski definition) is 0. The van der Waals surface area contributed by atoms with Gasteiger partial charge in [-0.05, 0) is 36.4 Å². The predicted molar refractivity (Wildman–Crippen MR) is 118 cm³/mol. The van der Waals surface area contributed by atoms with Gasteiger partial charge in [0.05, 0.1) is 31.9 Å². The summed E-state index contributed by atoms with van der Waals surface area (Å²) in [4.78, 5) is 20.5. The summed E-state index contributed by atoms with van der Waals surface area (Å²) in [5.41, 5.74) is 1.23. The lowest BCUT2D eigenvalue weighted by Gasteiger charge is -2.10. The van der Waals surface area contributed by atoms with Crippen molar-refractivity contribution in [3.8, 4) is 34.2 Å². The Balaban J connectivity index is 1.31. The van der Waals surface area contributed by atoms with Gasteiger partial charge in [0.15, 0.2) is 23.9 Å². The topological polar surface area (TPSA) is 110 Å². The average Bonchev–Trinajstić information content (AvgIpc) is 3.51. The Morgan fingerprint density at radius 3 is 2.62 bits per heavy atom. The molecule has 11 heteroatoms. The minimum Gasteiger partial charge on any atom is -0.493 e. The van der Waals surface area contributed by atoms with Crippen molar-refractivity contribution in [1.82, 2.24) is 15.1 Å². The maximum Gasteiger partial charge on any atom is 0.306 e. The quantitative estimate of drug-likeness (QED) is 0.305. The van der Waals surface area contributed by atoms with Crippen LogP contribution < -0.4 is 9.47 Å². The van der Waals surface area contributed by atoms with E-state index in [-0.39, 0.29) is 37.0 Å². The molecule has 0 bridgehead atoms. The Kier molecular flexibility index (Phi) is 7.07. The Hall–Kier alpha value is -3.92. The molecule has 2 heterocycles. The second-order valence-corrected chi connectivity index (χ2v) is 7.40. The fourth-order valence-electron chi connectivity index (χ4n) is 3.07. The summed E-state index contributed by atoms with van der Waals surface area (Å²) in [6.45, 7) is -0.140. The number of aromatic nitrogens is 3. The Bertz CT molecular complexity index is 1290. The zero-order valence-corrected chi connectivity index (χ0v) is 19.0. The highest BCUT2D eigenvalue weighted by Gasteiger charge is 2.17. The number of rotatable bonds is 9. The molecule has 0 saturated heterocycles. The highest BCUT2D eigenvalue weighted by molar-refractivity contribution is 6.32. The largest absolute Gasteiger partial charge is 0.493 e. The number of aryl methyl sites for hydroxylation is 1. The summed E-state index contributed by atoms with van der Waals surface area (Å²) >= 11 is 6.22. The van der Waals surface area contributed by atoms with Crippen LogP contribution >= 0.6 is 11.6 Å². The van der Waals surface area contributed by atoms with Crippen LogP contribution in [0, 0.1) is 5.82 Å². The molecule has 0 N–H and O–H groups in total. The monoisotopic (exact) mass is 487 g/mol. The lowest BCUT2D eigenvalue weighted by Crippen LogP contribution is -2.06. The zero-order valence-electron chi connectivity index (χ0n) is 18.2. The van der Waals surface area contributed by atoms with Crippen molar-refractivity contribution in [1.29, 1.82) is 0 Å². The van der Waals surface area contributed by atoms with Crippen molar-refractivity contribution >= 4 is 17.6 Å². The molecule has 0 aliphatic carbocycles. The van der Waals surface area contributed by atoms with Gasteiger partial charge in [0.1, 0.15) is 5.82 Å². The maximum atomic E-state index is 13.0. The predicted octanol–water partition coefficient (Wildman–Crippen LogP) is 4.88. The second kappa shape index (κ2) is 10.3. The molecule has 0 aliphatic heterocycles. The van der Waals surface area contributed by atoms with Crippen molar-refractivity contribution in [3.63, 3.8) is 0 Å². The molecule has 0 amide bonds. The SMILES string of the molecule is COc1cc(-c2noc(CCC(=O)OCc3ncc(-c4ccc(F)cc4)o3)n2)cc(Cl)c1OC. The van der Waals surface area contributed by atoms with Gasteiger partial charge in [-0.1, -0.05) is 16.8 Å². The van der Waals surface area contributed by atoms with Gasteiger partial charge < -0.3 is 23.2 Å². The number of ether oxygens (including phenoxy) is 3. The van der Waals surface area contributed by atoms with E-state index >= 15 is 0 Å². The van der Waals surface area contributed by atoms with Crippen molar-refractivity contribution in [2.24, 2.45) is 0 Å². The summed E-state index contributed by atoms with van der Waals surface area (Å²) in [5, 5.41) is 4.26. The van der Waals surface area contributed by atoms with Crippen LogP contribution in [0.15, 0.2) is 51.5 Å². The Morgan fingerprint density at radius 2 is 1.88 bits per heavy atom. The highest BCUT2D eigenvalue weighted by atomic mass is 35.5. The van der Waals surface area contributed by atoms with Crippen LogP contribution in [-0.2, 0) is 22.6 Å². The maximum absolute atomic E-state index is 13.0. The van der Waals surface area contributed by atoms with E-state index in [0.717, 1.165) is 0 Å². The first-order chi connectivity index (χ1) is 16.5. The zero-order chi connectivity index (χ0) is 24.1. The van der Waals surface area contributed by atoms with Crippen molar-refractivity contribution in [2.75, 3.05) is 14.2 Å². The van der Waals surface area contributed by atoms with Gasteiger partial charge in [-0.15, -0.1) is 0 Å². The summed E-state index contributed by atoms with van der Waals surface area (Å²) in [5.74, 6) is 1.20. The van der Waals surface area contributed by atoms with E-state index in [1.807, 2.05) is 0 Å². The molecule has 2 aromatic carbocycles. The lowest BCUT2D eigenvalue weighted by molar-refractivity contribution is -0.145. The van der Waals surface area contributed by atoms with Gasteiger partial charge in [-0.2, -0.15) is 4.98 Å². The normalized spacial score (nSPS) is 10.8. The third kappa shape index (κ3) is 5.34. The second-order valence-electron chi connectivity index (χ2n) is 6.99. The molecule has 4 aromatic rings. The van der Waals surface area contributed by atoms with Gasteiger partial charge in [-0.3, -0.25) is 4.79 Å². The van der Waals surface area contributed by atoms with E-state index in [9.17, 15) is 9.18 Å². The molecule has 0 unspecified atom stereocenters. The summed E-state index contributed by atoms with van der Waals surface area (Å²) in [6, 6.07) is 9.08. The van der Waals surface area contributed by atoms with Gasteiger partial charge >= 0.3 is 5.97 Å². The summed E-state index contributed by atoms with van der Waals surface area (Å²) in [6.07, 6.45) is 1.68. The van der Waals surface area contributed by atoms with Crippen LogP contribution in [0.2, 0.25) is 5.02 Å². The highest BCUT2D eigenvalue weighted by Crippen LogP contribution is 2.38. The van der Waals surface area contributed by atoms with E-state index in [1.54, 1.807) is 24.3 Å². The van der Waals surface area contributed by atoms with Crippen LogP contribution in [0.1, 0.15) is 18.2 Å².